The van der Waals surface area contributed by atoms with Gasteiger partial charge in [-0.15, -0.1) is 0 Å². The number of aliphatic hydroxyl groups excluding tert-OH is 1. The molecule has 0 radical (unpaired) electrons. The Morgan fingerprint density at radius 2 is 2.06 bits per heavy atom. The molecule has 2 atom stereocenters. The maximum Gasteiger partial charge on any atom is 0.247 e. The van der Waals surface area contributed by atoms with Crippen LogP contribution in [0.1, 0.15) is 33.7 Å². The third-order valence-corrected chi connectivity index (χ3v) is 2.56. The zero-order chi connectivity index (χ0) is 13.0. The molecule has 0 aliphatic carbocycles. The van der Waals surface area contributed by atoms with Gasteiger partial charge in [-0.3, -0.25) is 4.79 Å². The molecule has 0 aliphatic heterocycles. The Kier molecular flexibility index (Phi) is 4.62. The van der Waals surface area contributed by atoms with Gasteiger partial charge < -0.3 is 10.0 Å². The Labute approximate surface area is 101 Å². The van der Waals surface area contributed by atoms with E-state index >= 15 is 0 Å². The summed E-state index contributed by atoms with van der Waals surface area (Å²) in [5.74, 6) is -0.0635. The summed E-state index contributed by atoms with van der Waals surface area (Å²) in [6.07, 6.45) is 2.38. The standard InChI is InChI=1S/C11H20N4O2/c1-8(2)14(5-9(3)16)11(17)10(4)15-7-12-6-13-15/h6-10,16H,5H2,1-4H3. The van der Waals surface area contributed by atoms with E-state index in [1.165, 1.54) is 17.3 Å². The van der Waals surface area contributed by atoms with E-state index in [0.29, 0.717) is 6.54 Å². The van der Waals surface area contributed by atoms with Crippen LogP contribution >= 0.6 is 0 Å². The number of aliphatic hydroxyl groups is 1. The van der Waals surface area contributed by atoms with Crippen molar-refractivity contribution in [2.75, 3.05) is 6.54 Å². The van der Waals surface area contributed by atoms with Crippen molar-refractivity contribution in [3.05, 3.63) is 12.7 Å². The predicted octanol–water partition coefficient (Wildman–Crippen LogP) is 0.457. The van der Waals surface area contributed by atoms with E-state index < -0.39 is 12.1 Å². The van der Waals surface area contributed by atoms with Crippen molar-refractivity contribution in [3.63, 3.8) is 0 Å². The van der Waals surface area contributed by atoms with E-state index in [0.717, 1.165) is 0 Å². The maximum absolute atomic E-state index is 12.2. The van der Waals surface area contributed by atoms with Crippen LogP contribution in [0.15, 0.2) is 12.7 Å². The summed E-state index contributed by atoms with van der Waals surface area (Å²) in [4.78, 5) is 17.7. The molecule has 1 rings (SSSR count). The van der Waals surface area contributed by atoms with E-state index in [2.05, 4.69) is 10.1 Å². The number of amides is 1. The molecule has 0 bridgehead atoms. The van der Waals surface area contributed by atoms with Gasteiger partial charge in [0.2, 0.25) is 5.91 Å². The van der Waals surface area contributed by atoms with Crippen LogP contribution in [0.3, 0.4) is 0 Å². The second-order valence-corrected chi connectivity index (χ2v) is 4.48. The summed E-state index contributed by atoms with van der Waals surface area (Å²) < 4.78 is 1.51. The third-order valence-electron chi connectivity index (χ3n) is 2.56. The number of hydrogen-bond donors (Lipinski definition) is 1. The Hall–Kier alpha value is -1.43. The SMILES string of the molecule is CC(O)CN(C(=O)C(C)n1cncn1)C(C)C. The lowest BCUT2D eigenvalue weighted by Gasteiger charge is -2.30. The van der Waals surface area contributed by atoms with Crippen LogP contribution in [0.25, 0.3) is 0 Å². The lowest BCUT2D eigenvalue weighted by molar-refractivity contribution is -0.137. The molecule has 1 amide bonds. The molecule has 1 N–H and O–H groups in total. The highest BCUT2D eigenvalue weighted by Crippen LogP contribution is 2.11. The van der Waals surface area contributed by atoms with Gasteiger partial charge in [0.05, 0.1) is 6.10 Å². The third kappa shape index (κ3) is 3.52. The van der Waals surface area contributed by atoms with Gasteiger partial charge in [-0.05, 0) is 27.7 Å². The van der Waals surface area contributed by atoms with Gasteiger partial charge in [0.1, 0.15) is 18.7 Å². The quantitative estimate of drug-likeness (QED) is 0.811. The van der Waals surface area contributed by atoms with E-state index in [1.807, 2.05) is 13.8 Å². The average Bonchev–Trinajstić information content (AvgIpc) is 2.76. The van der Waals surface area contributed by atoms with Gasteiger partial charge in [0, 0.05) is 12.6 Å². The van der Waals surface area contributed by atoms with Gasteiger partial charge >= 0.3 is 0 Å². The van der Waals surface area contributed by atoms with Crippen LogP contribution in [0.4, 0.5) is 0 Å². The predicted molar refractivity (Wildman–Crippen MR) is 63.3 cm³/mol. The molecule has 96 valence electrons. The molecule has 0 saturated heterocycles. The molecule has 1 aromatic heterocycles. The number of carbonyl (C=O) groups excluding carboxylic acids is 1. The fourth-order valence-corrected chi connectivity index (χ4v) is 1.61. The van der Waals surface area contributed by atoms with E-state index in [1.54, 1.807) is 18.7 Å². The highest BCUT2D eigenvalue weighted by atomic mass is 16.3. The van der Waals surface area contributed by atoms with Gasteiger partial charge in [-0.1, -0.05) is 0 Å². The highest BCUT2D eigenvalue weighted by Gasteiger charge is 2.25. The molecule has 0 aromatic carbocycles. The Balaban J connectivity index is 2.77. The number of aromatic nitrogens is 3. The van der Waals surface area contributed by atoms with Crippen molar-refractivity contribution in [1.29, 1.82) is 0 Å². The van der Waals surface area contributed by atoms with E-state index in [9.17, 15) is 9.90 Å². The molecule has 17 heavy (non-hydrogen) atoms. The van der Waals surface area contributed by atoms with Gasteiger partial charge in [0.25, 0.3) is 0 Å². The van der Waals surface area contributed by atoms with Crippen molar-refractivity contribution < 1.29 is 9.90 Å². The van der Waals surface area contributed by atoms with Crippen molar-refractivity contribution >= 4 is 5.91 Å². The van der Waals surface area contributed by atoms with E-state index in [-0.39, 0.29) is 11.9 Å². The van der Waals surface area contributed by atoms with Crippen LogP contribution in [0.5, 0.6) is 0 Å². The first-order chi connectivity index (χ1) is 7.93. The van der Waals surface area contributed by atoms with Gasteiger partial charge in [-0.2, -0.15) is 5.10 Å². The number of hydrogen-bond acceptors (Lipinski definition) is 4. The Bertz CT molecular complexity index is 348. The number of carbonyl (C=O) groups is 1. The first-order valence-corrected chi connectivity index (χ1v) is 5.76. The lowest BCUT2D eigenvalue weighted by atomic mass is 10.2. The fourth-order valence-electron chi connectivity index (χ4n) is 1.61. The van der Waals surface area contributed by atoms with Gasteiger partial charge in [-0.25, -0.2) is 9.67 Å². The summed E-state index contributed by atoms with van der Waals surface area (Å²) >= 11 is 0. The summed E-state index contributed by atoms with van der Waals surface area (Å²) in [5, 5.41) is 13.4. The first-order valence-electron chi connectivity index (χ1n) is 5.76. The molecule has 0 spiro atoms. The molecule has 6 nitrogen and oxygen atoms in total. The second-order valence-electron chi connectivity index (χ2n) is 4.48. The van der Waals surface area contributed by atoms with Crippen molar-refractivity contribution in [2.24, 2.45) is 0 Å². The summed E-state index contributed by atoms with van der Waals surface area (Å²) in [5.41, 5.74) is 0. The Morgan fingerprint density at radius 1 is 1.41 bits per heavy atom. The molecule has 1 aromatic rings. The van der Waals surface area contributed by atoms with Crippen molar-refractivity contribution in [2.45, 2.75) is 45.9 Å². The zero-order valence-electron chi connectivity index (χ0n) is 10.7. The van der Waals surface area contributed by atoms with Crippen LogP contribution in [-0.2, 0) is 4.79 Å². The average molecular weight is 240 g/mol. The topological polar surface area (TPSA) is 71.2 Å². The van der Waals surface area contributed by atoms with Crippen molar-refractivity contribution in [1.82, 2.24) is 19.7 Å². The zero-order valence-corrected chi connectivity index (χ0v) is 10.7. The molecule has 0 fully saturated rings. The van der Waals surface area contributed by atoms with Crippen LogP contribution in [0, 0.1) is 0 Å². The minimum atomic E-state index is -0.538. The summed E-state index contributed by atoms with van der Waals surface area (Å²) in [7, 11) is 0. The molecular formula is C11H20N4O2. The highest BCUT2D eigenvalue weighted by molar-refractivity contribution is 5.80. The molecule has 2 unspecified atom stereocenters. The molecule has 0 aliphatic rings. The lowest BCUT2D eigenvalue weighted by Crippen LogP contribution is -2.44. The number of nitrogens with zero attached hydrogens (tertiary/aromatic N) is 4. The van der Waals surface area contributed by atoms with Crippen LogP contribution in [0.2, 0.25) is 0 Å². The monoisotopic (exact) mass is 240 g/mol. The summed E-state index contributed by atoms with van der Waals surface area (Å²) in [6.45, 7) is 7.62. The minimum Gasteiger partial charge on any atom is -0.392 e. The Morgan fingerprint density at radius 3 is 2.47 bits per heavy atom. The van der Waals surface area contributed by atoms with Crippen LogP contribution in [-0.4, -0.2) is 49.4 Å². The number of rotatable bonds is 5. The normalized spacial score (nSPS) is 14.7. The molecule has 0 saturated carbocycles. The first kappa shape index (κ1) is 13.6. The van der Waals surface area contributed by atoms with E-state index in [4.69, 9.17) is 0 Å². The molecule has 6 heteroatoms. The summed E-state index contributed by atoms with van der Waals surface area (Å²) in [6, 6.07) is -0.360. The molecular weight excluding hydrogens is 220 g/mol. The minimum absolute atomic E-state index is 0.0445. The maximum atomic E-state index is 12.2. The van der Waals surface area contributed by atoms with Gasteiger partial charge in [0.15, 0.2) is 0 Å². The smallest absolute Gasteiger partial charge is 0.247 e. The van der Waals surface area contributed by atoms with Crippen LogP contribution < -0.4 is 0 Å². The van der Waals surface area contributed by atoms with Crippen molar-refractivity contribution in [3.8, 4) is 0 Å². The molecule has 1 heterocycles. The second kappa shape index (κ2) is 5.77. The largest absolute Gasteiger partial charge is 0.392 e. The fraction of sp³-hybridized carbons (Fsp3) is 0.727.